The van der Waals surface area contributed by atoms with Crippen molar-refractivity contribution in [1.82, 2.24) is 14.2 Å². The molecule has 32 heavy (non-hydrogen) atoms. The van der Waals surface area contributed by atoms with Crippen molar-refractivity contribution in [2.75, 3.05) is 34.8 Å². The number of aromatic nitrogens is 1. The van der Waals surface area contributed by atoms with Gasteiger partial charge in [0.25, 0.3) is 5.69 Å². The smallest absolute Gasteiger partial charge is 0.339 e. The van der Waals surface area contributed by atoms with Gasteiger partial charge in [-0.05, 0) is 70.5 Å². The SMILES string of the molecule is CCOC(=O)c1ccc2c(CN(C)C)c(-c3ccc([N+](=O)[O-])cc3)c(CN(C)C)n2c1.Cl. The van der Waals surface area contributed by atoms with Crippen molar-refractivity contribution >= 4 is 29.6 Å². The highest BCUT2D eigenvalue weighted by Crippen LogP contribution is 2.36. The molecule has 3 aromatic rings. The van der Waals surface area contributed by atoms with Gasteiger partial charge in [0, 0.05) is 42.7 Å². The van der Waals surface area contributed by atoms with Crippen molar-refractivity contribution in [3.8, 4) is 11.1 Å². The minimum absolute atomic E-state index is 0. The Morgan fingerprint density at radius 1 is 1.03 bits per heavy atom. The van der Waals surface area contributed by atoms with Gasteiger partial charge in [0.1, 0.15) is 0 Å². The van der Waals surface area contributed by atoms with Crippen molar-refractivity contribution in [2.45, 2.75) is 20.0 Å². The minimum atomic E-state index is -0.396. The molecule has 0 unspecified atom stereocenters. The summed E-state index contributed by atoms with van der Waals surface area (Å²) in [7, 11) is 7.98. The van der Waals surface area contributed by atoms with Crippen molar-refractivity contribution in [3.63, 3.8) is 0 Å². The van der Waals surface area contributed by atoms with E-state index in [0.29, 0.717) is 25.3 Å². The molecular weight excluding hydrogens is 432 g/mol. The number of rotatable bonds is 8. The summed E-state index contributed by atoms with van der Waals surface area (Å²) in [4.78, 5) is 27.2. The Hall–Kier alpha value is -2.94. The van der Waals surface area contributed by atoms with Gasteiger partial charge in [0.15, 0.2) is 0 Å². The summed E-state index contributed by atoms with van der Waals surface area (Å²) in [5.41, 5.74) is 5.57. The van der Waals surface area contributed by atoms with E-state index < -0.39 is 4.92 Å². The van der Waals surface area contributed by atoms with Crippen molar-refractivity contribution in [2.24, 2.45) is 0 Å². The number of carbonyl (C=O) groups is 1. The summed E-state index contributed by atoms with van der Waals surface area (Å²) in [6.07, 6.45) is 1.82. The number of hydrogen-bond acceptors (Lipinski definition) is 6. The molecule has 1 aromatic carbocycles. The molecule has 3 rings (SSSR count). The van der Waals surface area contributed by atoms with Crippen LogP contribution < -0.4 is 0 Å². The third kappa shape index (κ3) is 5.27. The molecule has 2 aromatic heterocycles. The van der Waals surface area contributed by atoms with Crippen LogP contribution in [0.3, 0.4) is 0 Å². The predicted octanol–water partition coefficient (Wildman–Crippen LogP) is 4.24. The number of fused-ring (bicyclic) bond motifs is 1. The molecule has 0 aliphatic rings. The molecule has 9 heteroatoms. The average Bonchev–Trinajstić information content (AvgIpc) is 2.99. The highest BCUT2D eigenvalue weighted by atomic mass is 35.5. The summed E-state index contributed by atoms with van der Waals surface area (Å²) in [5, 5.41) is 11.1. The molecule has 0 amide bonds. The van der Waals surface area contributed by atoms with Crippen LogP contribution in [-0.4, -0.2) is 59.9 Å². The highest BCUT2D eigenvalue weighted by Gasteiger charge is 2.22. The average molecular weight is 461 g/mol. The van der Waals surface area contributed by atoms with E-state index >= 15 is 0 Å². The summed E-state index contributed by atoms with van der Waals surface area (Å²) >= 11 is 0. The maximum absolute atomic E-state index is 12.3. The molecule has 8 nitrogen and oxygen atoms in total. The van der Waals surface area contributed by atoms with E-state index in [4.69, 9.17) is 4.74 Å². The van der Waals surface area contributed by atoms with E-state index in [2.05, 4.69) is 9.80 Å². The zero-order valence-electron chi connectivity index (χ0n) is 19.0. The lowest BCUT2D eigenvalue weighted by atomic mass is 9.99. The molecule has 0 spiro atoms. The van der Waals surface area contributed by atoms with Gasteiger partial charge in [0.05, 0.1) is 22.6 Å². The van der Waals surface area contributed by atoms with Gasteiger partial charge in [-0.2, -0.15) is 0 Å². The third-order valence-electron chi connectivity index (χ3n) is 4.96. The third-order valence-corrected chi connectivity index (χ3v) is 4.96. The van der Waals surface area contributed by atoms with Gasteiger partial charge in [-0.3, -0.25) is 10.1 Å². The molecular formula is C23H29ClN4O4. The molecule has 0 aliphatic heterocycles. The quantitative estimate of drug-likeness (QED) is 0.284. The zero-order valence-corrected chi connectivity index (χ0v) is 19.8. The Morgan fingerprint density at radius 2 is 1.66 bits per heavy atom. The minimum Gasteiger partial charge on any atom is -0.462 e. The Bertz CT molecular complexity index is 1110. The fraction of sp³-hybridized carbons (Fsp3) is 0.348. The van der Waals surface area contributed by atoms with Gasteiger partial charge in [-0.25, -0.2) is 4.79 Å². The Labute approximate surface area is 193 Å². The number of nitrogens with zero attached hydrogens (tertiary/aromatic N) is 4. The van der Waals surface area contributed by atoms with E-state index in [0.717, 1.165) is 27.9 Å². The first-order valence-corrected chi connectivity index (χ1v) is 10.1. The number of pyridine rings is 1. The second-order valence-corrected chi connectivity index (χ2v) is 7.97. The lowest BCUT2D eigenvalue weighted by Crippen LogP contribution is -2.14. The fourth-order valence-electron chi connectivity index (χ4n) is 3.75. The van der Waals surface area contributed by atoms with E-state index in [1.807, 2.05) is 44.9 Å². The van der Waals surface area contributed by atoms with Crippen LogP contribution in [0.2, 0.25) is 0 Å². The molecule has 172 valence electrons. The monoisotopic (exact) mass is 460 g/mol. The number of non-ortho nitro benzene ring substituents is 1. The van der Waals surface area contributed by atoms with Crippen LogP contribution in [0.15, 0.2) is 42.6 Å². The molecule has 0 radical (unpaired) electrons. The normalized spacial score (nSPS) is 11.1. The lowest BCUT2D eigenvalue weighted by molar-refractivity contribution is -0.384. The molecule has 2 heterocycles. The van der Waals surface area contributed by atoms with Gasteiger partial charge in [-0.15, -0.1) is 12.4 Å². The number of nitro groups is 1. The first-order chi connectivity index (χ1) is 14.7. The van der Waals surface area contributed by atoms with Gasteiger partial charge in [0.2, 0.25) is 0 Å². The van der Waals surface area contributed by atoms with Gasteiger partial charge in [-0.1, -0.05) is 0 Å². The number of benzene rings is 1. The first-order valence-electron chi connectivity index (χ1n) is 10.1. The number of ether oxygens (including phenoxy) is 1. The lowest BCUT2D eigenvalue weighted by Gasteiger charge is -2.15. The van der Waals surface area contributed by atoms with Gasteiger partial charge < -0.3 is 18.9 Å². The van der Waals surface area contributed by atoms with Crippen LogP contribution in [0.1, 0.15) is 28.5 Å². The fourth-order valence-corrected chi connectivity index (χ4v) is 3.75. The molecule has 0 saturated heterocycles. The number of halogens is 1. The molecule has 0 fully saturated rings. The molecule has 0 bridgehead atoms. The summed E-state index contributed by atoms with van der Waals surface area (Å²) in [5.74, 6) is -0.361. The number of carbonyl (C=O) groups excluding carboxylic acids is 1. The molecule has 0 atom stereocenters. The van der Waals surface area contributed by atoms with Crippen LogP contribution >= 0.6 is 12.4 Å². The van der Waals surface area contributed by atoms with Crippen molar-refractivity contribution < 1.29 is 14.5 Å². The Morgan fingerprint density at radius 3 is 2.19 bits per heavy atom. The topological polar surface area (TPSA) is 80.3 Å². The van der Waals surface area contributed by atoms with E-state index in [-0.39, 0.29) is 24.1 Å². The number of esters is 1. The second kappa shape index (κ2) is 10.6. The number of nitro benzene ring substituents is 1. The highest BCUT2D eigenvalue weighted by molar-refractivity contribution is 5.90. The molecule has 0 saturated carbocycles. The first kappa shape index (κ1) is 25.3. The van der Waals surface area contributed by atoms with Crippen LogP contribution in [0.25, 0.3) is 16.6 Å². The van der Waals surface area contributed by atoms with Crippen LogP contribution in [0.5, 0.6) is 0 Å². The van der Waals surface area contributed by atoms with E-state index in [9.17, 15) is 14.9 Å². The Kier molecular flexibility index (Phi) is 8.38. The molecule has 0 aliphatic carbocycles. The summed E-state index contributed by atoms with van der Waals surface area (Å²) in [6.45, 7) is 3.41. The van der Waals surface area contributed by atoms with Crippen LogP contribution in [0, 0.1) is 10.1 Å². The van der Waals surface area contributed by atoms with E-state index in [1.54, 1.807) is 25.1 Å². The van der Waals surface area contributed by atoms with Gasteiger partial charge >= 0.3 is 5.97 Å². The second-order valence-electron chi connectivity index (χ2n) is 7.97. The summed E-state index contributed by atoms with van der Waals surface area (Å²) < 4.78 is 7.23. The standard InChI is InChI=1S/C23H28N4O4.ClH/c1-6-31-23(28)17-9-12-20-19(14-24(2)3)22(21(15-25(4)5)26(20)13-17)16-7-10-18(11-8-16)27(29)30;/h7-13H,6,14-15H2,1-5H3;1H. The largest absolute Gasteiger partial charge is 0.462 e. The van der Waals surface area contributed by atoms with E-state index in [1.165, 1.54) is 12.1 Å². The zero-order chi connectivity index (χ0) is 22.7. The van der Waals surface area contributed by atoms with Crippen LogP contribution in [0.4, 0.5) is 5.69 Å². The van der Waals surface area contributed by atoms with Crippen LogP contribution in [-0.2, 0) is 17.8 Å². The van der Waals surface area contributed by atoms with Crippen molar-refractivity contribution in [1.29, 1.82) is 0 Å². The number of hydrogen-bond donors (Lipinski definition) is 0. The Balaban J connectivity index is 0.00000363. The maximum atomic E-state index is 12.3. The maximum Gasteiger partial charge on any atom is 0.339 e. The van der Waals surface area contributed by atoms with Crippen molar-refractivity contribution in [3.05, 3.63) is 69.5 Å². The summed E-state index contributed by atoms with van der Waals surface area (Å²) in [6, 6.07) is 10.4. The predicted molar refractivity (Wildman–Crippen MR) is 127 cm³/mol. The molecule has 0 N–H and O–H groups in total.